The van der Waals surface area contributed by atoms with Crippen molar-refractivity contribution in [3.05, 3.63) is 76.8 Å². The monoisotopic (exact) mass is 337 g/mol. The molecule has 0 saturated heterocycles. The molecule has 3 heteroatoms. The lowest BCUT2D eigenvalue weighted by Gasteiger charge is -2.35. The summed E-state index contributed by atoms with van der Waals surface area (Å²) in [5, 5.41) is 6.92. The van der Waals surface area contributed by atoms with Crippen LogP contribution >= 0.6 is 11.6 Å². The number of ether oxygens (including phenoxy) is 1. The minimum atomic E-state index is -0.172. The summed E-state index contributed by atoms with van der Waals surface area (Å²) in [4.78, 5) is 0. The maximum absolute atomic E-state index is 6.29. The van der Waals surface area contributed by atoms with Crippen LogP contribution in [0.4, 0.5) is 0 Å². The minimum absolute atomic E-state index is 0.172. The van der Waals surface area contributed by atoms with Gasteiger partial charge in [-0.25, -0.2) is 0 Å². The molecule has 0 saturated carbocycles. The van der Waals surface area contributed by atoms with Gasteiger partial charge in [0.25, 0.3) is 0 Å². The summed E-state index contributed by atoms with van der Waals surface area (Å²) >= 11 is 6.16. The largest absolute Gasteiger partial charge is 0.471 e. The Bertz CT molecular complexity index is 877. The Kier molecular flexibility index (Phi) is 4.17. The Balaban J connectivity index is 1.81. The second kappa shape index (κ2) is 6.46. The first-order valence-electron chi connectivity index (χ1n) is 8.46. The van der Waals surface area contributed by atoms with Crippen LogP contribution in [-0.2, 0) is 0 Å². The van der Waals surface area contributed by atoms with Crippen LogP contribution in [0.15, 0.2) is 60.7 Å². The third-order valence-corrected chi connectivity index (χ3v) is 4.84. The fourth-order valence-corrected chi connectivity index (χ4v) is 3.71. The van der Waals surface area contributed by atoms with E-state index in [1.807, 2.05) is 18.2 Å². The molecule has 122 valence electrons. The molecule has 0 aromatic heterocycles. The Morgan fingerprint density at radius 3 is 2.75 bits per heavy atom. The van der Waals surface area contributed by atoms with Crippen LogP contribution in [-0.4, -0.2) is 0 Å². The van der Waals surface area contributed by atoms with Gasteiger partial charge < -0.3 is 4.74 Å². The molecule has 1 aliphatic rings. The Morgan fingerprint density at radius 2 is 1.92 bits per heavy atom. The van der Waals surface area contributed by atoms with E-state index in [9.17, 15) is 0 Å². The van der Waals surface area contributed by atoms with Gasteiger partial charge in [0, 0.05) is 22.2 Å². The molecule has 0 radical (unpaired) electrons. The third-order valence-electron chi connectivity index (χ3n) is 4.61. The summed E-state index contributed by atoms with van der Waals surface area (Å²) in [6.45, 7) is 2.22. The van der Waals surface area contributed by atoms with Crippen molar-refractivity contribution in [1.29, 1.82) is 0 Å². The summed E-state index contributed by atoms with van der Waals surface area (Å²) in [6, 6.07) is 20.9. The van der Waals surface area contributed by atoms with Gasteiger partial charge in [0.2, 0.25) is 0 Å². The molecule has 24 heavy (non-hydrogen) atoms. The fraction of sp³-hybridized carbons (Fsp3) is 0.238. The second-order valence-electron chi connectivity index (χ2n) is 6.26. The number of fused-ring (bicyclic) bond motifs is 3. The molecule has 0 spiro atoms. The normalized spacial score (nSPS) is 19.8. The van der Waals surface area contributed by atoms with Crippen LogP contribution in [0.2, 0.25) is 5.02 Å². The lowest BCUT2D eigenvalue weighted by molar-refractivity contribution is 0.122. The summed E-state index contributed by atoms with van der Waals surface area (Å²) in [5.74, 6) is 0.968. The van der Waals surface area contributed by atoms with Gasteiger partial charge in [0.15, 0.2) is 6.23 Å². The molecule has 2 nitrogen and oxygen atoms in total. The molecule has 0 bridgehead atoms. The van der Waals surface area contributed by atoms with Gasteiger partial charge in [0.1, 0.15) is 5.75 Å². The molecule has 1 heterocycles. The Hall–Kier alpha value is -2.03. The minimum Gasteiger partial charge on any atom is -0.471 e. The molecule has 0 amide bonds. The topological polar surface area (TPSA) is 21.3 Å². The number of nitrogens with one attached hydrogen (secondary N) is 1. The van der Waals surface area contributed by atoms with Gasteiger partial charge in [-0.2, -0.15) is 0 Å². The molecular formula is C21H20ClNO. The lowest BCUT2D eigenvalue weighted by atomic mass is 9.93. The van der Waals surface area contributed by atoms with Gasteiger partial charge in [0.05, 0.1) is 0 Å². The van der Waals surface area contributed by atoms with Crippen LogP contribution < -0.4 is 10.1 Å². The van der Waals surface area contributed by atoms with Crippen molar-refractivity contribution in [1.82, 2.24) is 5.32 Å². The molecule has 0 fully saturated rings. The van der Waals surface area contributed by atoms with Crippen molar-refractivity contribution in [2.45, 2.75) is 32.0 Å². The quantitative estimate of drug-likeness (QED) is 0.631. The maximum Gasteiger partial charge on any atom is 0.177 e. The molecule has 3 aromatic rings. The highest BCUT2D eigenvalue weighted by Crippen LogP contribution is 2.41. The van der Waals surface area contributed by atoms with E-state index in [1.165, 1.54) is 16.3 Å². The first-order valence-corrected chi connectivity index (χ1v) is 8.84. The Morgan fingerprint density at radius 1 is 1.04 bits per heavy atom. The predicted molar refractivity (Wildman–Crippen MR) is 99.6 cm³/mol. The van der Waals surface area contributed by atoms with E-state index in [0.29, 0.717) is 0 Å². The average Bonchev–Trinajstić information content (AvgIpc) is 2.61. The first-order chi connectivity index (χ1) is 11.8. The van der Waals surface area contributed by atoms with Crippen LogP contribution in [0, 0.1) is 0 Å². The Labute approximate surface area is 147 Å². The standard InChI is InChI=1S/C21H20ClNO/c1-2-6-18-20-17-10-4-3-7-14(17)11-12-19(20)24-21(23-18)15-8-5-9-16(22)13-15/h3-5,7-13,18,21,23H,2,6H2,1H3/t18-,21+/m1/s1. The summed E-state index contributed by atoms with van der Waals surface area (Å²) in [6.07, 6.45) is 2.01. The highest BCUT2D eigenvalue weighted by Gasteiger charge is 2.29. The van der Waals surface area contributed by atoms with Crippen LogP contribution in [0.3, 0.4) is 0 Å². The highest BCUT2D eigenvalue weighted by molar-refractivity contribution is 6.30. The number of rotatable bonds is 3. The average molecular weight is 338 g/mol. The number of halogens is 1. The van der Waals surface area contributed by atoms with Gasteiger partial charge in [-0.05, 0) is 35.4 Å². The van der Waals surface area contributed by atoms with E-state index in [2.05, 4.69) is 54.7 Å². The van der Waals surface area contributed by atoms with E-state index >= 15 is 0 Å². The molecule has 3 aromatic carbocycles. The molecule has 4 rings (SSSR count). The molecular weight excluding hydrogens is 318 g/mol. The fourth-order valence-electron chi connectivity index (χ4n) is 3.52. The van der Waals surface area contributed by atoms with E-state index in [4.69, 9.17) is 16.3 Å². The van der Waals surface area contributed by atoms with E-state index in [0.717, 1.165) is 29.2 Å². The second-order valence-corrected chi connectivity index (χ2v) is 6.70. The predicted octanol–water partition coefficient (Wildman–Crippen LogP) is 6.02. The van der Waals surface area contributed by atoms with Crippen molar-refractivity contribution in [2.24, 2.45) is 0 Å². The molecule has 0 aliphatic carbocycles. The SMILES string of the molecule is CCC[C@H]1N[C@H](c2cccc(Cl)c2)Oc2ccc3ccccc3c21. The number of benzene rings is 3. The smallest absolute Gasteiger partial charge is 0.177 e. The lowest BCUT2D eigenvalue weighted by Crippen LogP contribution is -2.35. The van der Waals surface area contributed by atoms with Gasteiger partial charge in [-0.1, -0.05) is 67.4 Å². The molecule has 2 atom stereocenters. The van der Waals surface area contributed by atoms with Crippen LogP contribution in [0.5, 0.6) is 5.75 Å². The molecule has 1 aliphatic heterocycles. The summed E-state index contributed by atoms with van der Waals surface area (Å²) in [7, 11) is 0. The maximum atomic E-state index is 6.29. The third kappa shape index (κ3) is 2.77. The number of hydrogen-bond acceptors (Lipinski definition) is 2. The van der Waals surface area contributed by atoms with Crippen LogP contribution in [0.1, 0.15) is 43.2 Å². The van der Waals surface area contributed by atoms with E-state index in [1.54, 1.807) is 0 Å². The summed E-state index contributed by atoms with van der Waals surface area (Å²) in [5.41, 5.74) is 2.33. The number of hydrogen-bond donors (Lipinski definition) is 1. The van der Waals surface area contributed by atoms with Crippen molar-refractivity contribution in [2.75, 3.05) is 0 Å². The van der Waals surface area contributed by atoms with Crippen molar-refractivity contribution < 1.29 is 4.74 Å². The zero-order valence-electron chi connectivity index (χ0n) is 13.6. The molecule has 1 N–H and O–H groups in total. The van der Waals surface area contributed by atoms with Gasteiger partial charge >= 0.3 is 0 Å². The van der Waals surface area contributed by atoms with E-state index in [-0.39, 0.29) is 12.3 Å². The van der Waals surface area contributed by atoms with Crippen molar-refractivity contribution in [3.8, 4) is 5.75 Å². The van der Waals surface area contributed by atoms with Crippen molar-refractivity contribution >= 4 is 22.4 Å². The zero-order chi connectivity index (χ0) is 16.5. The summed E-state index contributed by atoms with van der Waals surface area (Å²) < 4.78 is 6.29. The first kappa shape index (κ1) is 15.5. The van der Waals surface area contributed by atoms with Gasteiger partial charge in [-0.3, -0.25) is 5.32 Å². The molecule has 0 unspecified atom stereocenters. The zero-order valence-corrected chi connectivity index (χ0v) is 14.4. The van der Waals surface area contributed by atoms with Crippen molar-refractivity contribution in [3.63, 3.8) is 0 Å². The van der Waals surface area contributed by atoms with Crippen LogP contribution in [0.25, 0.3) is 10.8 Å². The highest BCUT2D eigenvalue weighted by atomic mass is 35.5. The van der Waals surface area contributed by atoms with Gasteiger partial charge in [-0.15, -0.1) is 0 Å². The van der Waals surface area contributed by atoms with E-state index < -0.39 is 0 Å².